The lowest BCUT2D eigenvalue weighted by Crippen LogP contribution is -2.44. The first kappa shape index (κ1) is 25.4. The number of imidazole rings is 1. The van der Waals surface area contributed by atoms with Gasteiger partial charge in [-0.25, -0.2) is 4.98 Å². The molecule has 34 heavy (non-hydrogen) atoms. The van der Waals surface area contributed by atoms with Crippen LogP contribution in [0.5, 0.6) is 0 Å². The van der Waals surface area contributed by atoms with E-state index < -0.39 is 17.9 Å². The number of fused-ring (bicyclic) bond motifs is 1. The Morgan fingerprint density at radius 2 is 1.97 bits per heavy atom. The van der Waals surface area contributed by atoms with Crippen LogP contribution in [0.3, 0.4) is 0 Å². The highest BCUT2D eigenvalue weighted by Gasteiger charge is 2.27. The van der Waals surface area contributed by atoms with E-state index in [-0.39, 0.29) is 30.5 Å². The summed E-state index contributed by atoms with van der Waals surface area (Å²) in [5, 5.41) is 7.70. The van der Waals surface area contributed by atoms with E-state index in [4.69, 9.17) is 0 Å². The molecule has 2 aromatic heterocycles. The van der Waals surface area contributed by atoms with Crippen molar-refractivity contribution in [3.8, 4) is 0 Å². The van der Waals surface area contributed by atoms with E-state index >= 15 is 0 Å². The molecular weight excluding hydrogens is 434 g/mol. The fraction of sp³-hybridized carbons (Fsp3) is 0.560. The number of hydrogen-bond acceptors (Lipinski definition) is 5. The lowest BCUT2D eigenvalue weighted by Gasteiger charge is -2.15. The molecule has 2 atom stereocenters. The number of rotatable bonds is 7. The van der Waals surface area contributed by atoms with E-state index in [1.54, 1.807) is 16.7 Å². The third kappa shape index (κ3) is 7.40. The van der Waals surface area contributed by atoms with Crippen LogP contribution in [0.15, 0.2) is 24.5 Å². The van der Waals surface area contributed by atoms with Crippen molar-refractivity contribution in [1.82, 2.24) is 25.3 Å². The normalized spacial score (nSPS) is 19.0. The van der Waals surface area contributed by atoms with Gasteiger partial charge in [0.1, 0.15) is 17.6 Å². The van der Waals surface area contributed by atoms with E-state index in [1.165, 1.54) is 32.1 Å². The fourth-order valence-electron chi connectivity index (χ4n) is 4.35. The molecule has 3 heterocycles. The van der Waals surface area contributed by atoms with Crippen LogP contribution >= 0.6 is 0 Å². The highest BCUT2D eigenvalue weighted by atomic mass is 16.2. The highest BCUT2D eigenvalue weighted by molar-refractivity contribution is 5.95. The van der Waals surface area contributed by atoms with Crippen LogP contribution in [-0.4, -0.2) is 52.5 Å². The standard InChI is InChI=1S/C18H21N5O4.C7H14/c1-11-2-3-15-22-14(9-23(15)8-11)18(27)20-7-16(25)21-13(10-24)6-12-4-5-19-17(12)26;1-7-5-3-2-4-6-7/h2-3,8-10,12-13H,4-7H2,1H3,(H,19,26)(H,20,27)(H,21,25);7H,2-6H2,1H3. The number of hydrogen-bond donors (Lipinski definition) is 3. The second-order valence-corrected chi connectivity index (χ2v) is 9.35. The summed E-state index contributed by atoms with van der Waals surface area (Å²) in [7, 11) is 0. The Bertz CT molecular complexity index is 1010. The predicted molar refractivity (Wildman–Crippen MR) is 128 cm³/mol. The number of amides is 3. The number of pyridine rings is 1. The Hall–Kier alpha value is -3.23. The molecule has 1 saturated heterocycles. The highest BCUT2D eigenvalue weighted by Crippen LogP contribution is 2.22. The molecule has 9 nitrogen and oxygen atoms in total. The van der Waals surface area contributed by atoms with Gasteiger partial charge in [0.25, 0.3) is 5.91 Å². The molecule has 2 aliphatic rings. The SMILES string of the molecule is CC1CCCCC1.Cc1ccc2nc(C(=O)NCC(=O)NC(C=O)CC3CCNC3=O)cn2c1. The molecule has 1 aliphatic heterocycles. The van der Waals surface area contributed by atoms with Crippen LogP contribution in [0.1, 0.15) is 67.9 Å². The Labute approximate surface area is 200 Å². The van der Waals surface area contributed by atoms with Crippen LogP contribution in [0.2, 0.25) is 0 Å². The molecule has 2 unspecified atom stereocenters. The van der Waals surface area contributed by atoms with Gasteiger partial charge >= 0.3 is 0 Å². The third-order valence-corrected chi connectivity index (χ3v) is 6.35. The van der Waals surface area contributed by atoms with E-state index in [2.05, 4.69) is 27.9 Å². The van der Waals surface area contributed by atoms with Crippen molar-refractivity contribution < 1.29 is 19.2 Å². The maximum atomic E-state index is 12.2. The van der Waals surface area contributed by atoms with Gasteiger partial charge in [-0.3, -0.25) is 14.4 Å². The van der Waals surface area contributed by atoms with Gasteiger partial charge in [0.2, 0.25) is 11.8 Å². The molecule has 0 spiro atoms. The van der Waals surface area contributed by atoms with Crippen molar-refractivity contribution in [3.05, 3.63) is 35.8 Å². The molecule has 2 aromatic rings. The molecule has 1 aliphatic carbocycles. The van der Waals surface area contributed by atoms with Crippen molar-refractivity contribution >= 4 is 29.7 Å². The van der Waals surface area contributed by atoms with Crippen molar-refractivity contribution in [3.63, 3.8) is 0 Å². The number of aldehydes is 1. The summed E-state index contributed by atoms with van der Waals surface area (Å²) in [4.78, 5) is 51.2. The minimum Gasteiger partial charge on any atom is -0.356 e. The number of aryl methyl sites for hydroxylation is 1. The first-order valence-corrected chi connectivity index (χ1v) is 12.1. The van der Waals surface area contributed by atoms with Gasteiger partial charge < -0.3 is 25.1 Å². The average molecular weight is 470 g/mol. The lowest BCUT2D eigenvalue weighted by atomic mass is 9.91. The Balaban J connectivity index is 0.000000396. The summed E-state index contributed by atoms with van der Waals surface area (Å²) >= 11 is 0. The minimum atomic E-state index is -0.763. The number of carbonyl (C=O) groups excluding carboxylic acids is 4. The monoisotopic (exact) mass is 469 g/mol. The van der Waals surface area contributed by atoms with Gasteiger partial charge in [0.15, 0.2) is 0 Å². The van der Waals surface area contributed by atoms with Crippen molar-refractivity contribution in [2.24, 2.45) is 11.8 Å². The van der Waals surface area contributed by atoms with Gasteiger partial charge in [0.05, 0.1) is 12.6 Å². The molecule has 1 saturated carbocycles. The van der Waals surface area contributed by atoms with E-state index in [9.17, 15) is 19.2 Å². The molecule has 184 valence electrons. The third-order valence-electron chi connectivity index (χ3n) is 6.35. The molecular formula is C25H35N5O4. The summed E-state index contributed by atoms with van der Waals surface area (Å²) < 4.78 is 1.74. The summed E-state index contributed by atoms with van der Waals surface area (Å²) in [5.41, 5.74) is 1.86. The Morgan fingerprint density at radius 3 is 2.59 bits per heavy atom. The first-order chi connectivity index (χ1) is 16.4. The zero-order valence-corrected chi connectivity index (χ0v) is 20.0. The van der Waals surface area contributed by atoms with Gasteiger partial charge in [-0.1, -0.05) is 45.1 Å². The Morgan fingerprint density at radius 1 is 1.21 bits per heavy atom. The van der Waals surface area contributed by atoms with Crippen molar-refractivity contribution in [2.45, 2.75) is 64.8 Å². The van der Waals surface area contributed by atoms with E-state index in [1.807, 2.05) is 19.2 Å². The molecule has 0 aromatic carbocycles. The topological polar surface area (TPSA) is 122 Å². The van der Waals surface area contributed by atoms with Crippen molar-refractivity contribution in [1.29, 1.82) is 0 Å². The number of carbonyl (C=O) groups is 4. The zero-order chi connectivity index (χ0) is 24.5. The van der Waals surface area contributed by atoms with Crippen LogP contribution in [0.4, 0.5) is 0 Å². The summed E-state index contributed by atoms with van der Waals surface area (Å²) in [6, 6.07) is 2.93. The maximum Gasteiger partial charge on any atom is 0.271 e. The summed E-state index contributed by atoms with van der Waals surface area (Å²) in [5.74, 6) is -0.334. The zero-order valence-electron chi connectivity index (χ0n) is 20.0. The van der Waals surface area contributed by atoms with Crippen LogP contribution in [-0.2, 0) is 14.4 Å². The molecule has 0 bridgehead atoms. The van der Waals surface area contributed by atoms with Crippen LogP contribution < -0.4 is 16.0 Å². The molecule has 4 rings (SSSR count). The molecule has 3 amide bonds. The second-order valence-electron chi connectivity index (χ2n) is 9.35. The van der Waals surface area contributed by atoms with Crippen LogP contribution in [0, 0.1) is 18.8 Å². The van der Waals surface area contributed by atoms with Crippen molar-refractivity contribution in [2.75, 3.05) is 13.1 Å². The number of nitrogens with zero attached hydrogens (tertiary/aromatic N) is 2. The Kier molecular flexibility index (Phi) is 9.18. The van der Waals surface area contributed by atoms with Crippen LogP contribution in [0.25, 0.3) is 5.65 Å². The molecule has 0 radical (unpaired) electrons. The van der Waals surface area contributed by atoms with E-state index in [0.717, 1.165) is 11.5 Å². The quantitative estimate of drug-likeness (QED) is 0.537. The smallest absolute Gasteiger partial charge is 0.271 e. The predicted octanol–water partition coefficient (Wildman–Crippen LogP) is 2.17. The molecule has 3 N–H and O–H groups in total. The minimum absolute atomic E-state index is 0.105. The first-order valence-electron chi connectivity index (χ1n) is 12.1. The molecule has 9 heteroatoms. The number of aromatic nitrogens is 2. The molecule has 2 fully saturated rings. The van der Waals surface area contributed by atoms with Gasteiger partial charge in [-0.2, -0.15) is 0 Å². The van der Waals surface area contributed by atoms with Gasteiger partial charge in [0, 0.05) is 24.9 Å². The fourth-order valence-corrected chi connectivity index (χ4v) is 4.35. The lowest BCUT2D eigenvalue weighted by molar-refractivity contribution is -0.125. The summed E-state index contributed by atoms with van der Waals surface area (Å²) in [6.07, 6.45) is 12.4. The van der Waals surface area contributed by atoms with Gasteiger partial charge in [-0.15, -0.1) is 0 Å². The largest absolute Gasteiger partial charge is 0.356 e. The van der Waals surface area contributed by atoms with Gasteiger partial charge in [-0.05, 0) is 37.3 Å². The summed E-state index contributed by atoms with van der Waals surface area (Å²) in [6.45, 7) is 4.59. The number of nitrogens with one attached hydrogen (secondary N) is 3. The second kappa shape index (κ2) is 12.3. The average Bonchev–Trinajstić information content (AvgIpc) is 3.43. The van der Waals surface area contributed by atoms with E-state index in [0.29, 0.717) is 24.9 Å². The maximum absolute atomic E-state index is 12.2.